The number of nitrogens with zero attached hydrogens (tertiary/aromatic N) is 1. The molecular formula is C15H12F2N2. The normalized spacial score (nSPS) is 11.1. The van der Waals surface area contributed by atoms with E-state index in [1.807, 2.05) is 31.2 Å². The Morgan fingerprint density at radius 2 is 1.95 bits per heavy atom. The van der Waals surface area contributed by atoms with Crippen molar-refractivity contribution in [2.24, 2.45) is 0 Å². The van der Waals surface area contributed by atoms with E-state index in [9.17, 15) is 8.78 Å². The molecular weight excluding hydrogens is 246 g/mol. The van der Waals surface area contributed by atoms with Gasteiger partial charge in [0.05, 0.1) is 5.52 Å². The van der Waals surface area contributed by atoms with Gasteiger partial charge in [0.15, 0.2) is 5.82 Å². The highest BCUT2D eigenvalue weighted by Crippen LogP contribution is 2.19. The molecule has 0 bridgehead atoms. The Morgan fingerprint density at radius 3 is 2.74 bits per heavy atom. The van der Waals surface area contributed by atoms with Crippen LogP contribution in [0, 0.1) is 18.6 Å². The lowest BCUT2D eigenvalue weighted by Gasteiger charge is -2.02. The molecule has 0 spiro atoms. The average Bonchev–Trinajstić information content (AvgIpc) is 2.75. The van der Waals surface area contributed by atoms with E-state index in [0.717, 1.165) is 17.2 Å². The summed E-state index contributed by atoms with van der Waals surface area (Å²) in [5.41, 5.74) is 2.84. The van der Waals surface area contributed by atoms with Gasteiger partial charge in [0, 0.05) is 12.5 Å². The van der Waals surface area contributed by atoms with E-state index in [1.54, 1.807) is 0 Å². The second-order valence-corrected chi connectivity index (χ2v) is 4.57. The number of nitrogens with one attached hydrogen (secondary N) is 1. The molecule has 0 fully saturated rings. The number of halogens is 2. The summed E-state index contributed by atoms with van der Waals surface area (Å²) in [6.45, 7) is 2.01. The van der Waals surface area contributed by atoms with Gasteiger partial charge < -0.3 is 4.98 Å². The van der Waals surface area contributed by atoms with E-state index in [1.165, 1.54) is 6.07 Å². The molecule has 1 N–H and O–H groups in total. The third-order valence-corrected chi connectivity index (χ3v) is 3.17. The summed E-state index contributed by atoms with van der Waals surface area (Å²) in [5.74, 6) is -0.604. The van der Waals surface area contributed by atoms with Crippen molar-refractivity contribution in [3.8, 4) is 0 Å². The predicted molar refractivity (Wildman–Crippen MR) is 70.0 cm³/mol. The fourth-order valence-electron chi connectivity index (χ4n) is 2.17. The number of hydrogen-bond acceptors (Lipinski definition) is 1. The molecule has 2 nitrogen and oxygen atoms in total. The maximum atomic E-state index is 13.6. The molecule has 19 heavy (non-hydrogen) atoms. The molecule has 2 aromatic carbocycles. The van der Waals surface area contributed by atoms with Crippen LogP contribution in [0.5, 0.6) is 0 Å². The zero-order chi connectivity index (χ0) is 13.4. The van der Waals surface area contributed by atoms with Gasteiger partial charge in [0.2, 0.25) is 0 Å². The van der Waals surface area contributed by atoms with Crippen LogP contribution >= 0.6 is 0 Å². The van der Waals surface area contributed by atoms with Gasteiger partial charge in [0.1, 0.15) is 17.2 Å². The van der Waals surface area contributed by atoms with Gasteiger partial charge in [-0.25, -0.2) is 13.8 Å². The van der Waals surface area contributed by atoms with E-state index in [0.29, 0.717) is 17.8 Å². The van der Waals surface area contributed by atoms with Crippen molar-refractivity contribution in [1.29, 1.82) is 0 Å². The summed E-state index contributed by atoms with van der Waals surface area (Å²) in [7, 11) is 0. The molecule has 0 amide bonds. The molecule has 0 saturated carbocycles. The molecule has 4 heteroatoms. The molecule has 0 aliphatic rings. The molecule has 96 valence electrons. The second kappa shape index (κ2) is 4.46. The minimum absolute atomic E-state index is 0.185. The molecule has 0 atom stereocenters. The van der Waals surface area contributed by atoms with Gasteiger partial charge in [-0.1, -0.05) is 24.3 Å². The van der Waals surface area contributed by atoms with Crippen molar-refractivity contribution in [2.75, 3.05) is 0 Å². The Hall–Kier alpha value is -2.23. The summed E-state index contributed by atoms with van der Waals surface area (Å²) in [5, 5.41) is 0. The Balaban J connectivity index is 2.03. The fraction of sp³-hybridized carbons (Fsp3) is 0.133. The maximum Gasteiger partial charge on any atom is 0.153 e. The standard InChI is InChI=1S/C15H12F2N2/c1-9-4-2-3-5-10(9)6-14-18-13-8-11(16)7-12(17)15(13)19-14/h2-5,7-8H,6H2,1H3,(H,18,19). The van der Waals surface area contributed by atoms with Crippen molar-refractivity contribution in [3.05, 3.63) is 65.0 Å². The van der Waals surface area contributed by atoms with Crippen molar-refractivity contribution in [1.82, 2.24) is 9.97 Å². The van der Waals surface area contributed by atoms with Crippen molar-refractivity contribution < 1.29 is 8.78 Å². The number of rotatable bonds is 2. The lowest BCUT2D eigenvalue weighted by atomic mass is 10.1. The fourth-order valence-corrected chi connectivity index (χ4v) is 2.17. The summed E-state index contributed by atoms with van der Waals surface area (Å²) < 4.78 is 26.7. The Morgan fingerprint density at radius 1 is 1.16 bits per heavy atom. The number of aromatic nitrogens is 2. The third-order valence-electron chi connectivity index (χ3n) is 3.17. The van der Waals surface area contributed by atoms with Crippen LogP contribution < -0.4 is 0 Å². The van der Waals surface area contributed by atoms with Gasteiger partial charge in [-0.05, 0) is 24.1 Å². The van der Waals surface area contributed by atoms with Crippen LogP contribution in [0.15, 0.2) is 36.4 Å². The average molecular weight is 258 g/mol. The summed E-state index contributed by atoms with van der Waals surface area (Å²) in [6, 6.07) is 10.0. The minimum Gasteiger partial charge on any atom is -0.342 e. The predicted octanol–water partition coefficient (Wildman–Crippen LogP) is 3.74. The molecule has 3 rings (SSSR count). The van der Waals surface area contributed by atoms with Crippen molar-refractivity contribution in [3.63, 3.8) is 0 Å². The monoisotopic (exact) mass is 258 g/mol. The van der Waals surface area contributed by atoms with Gasteiger partial charge in [-0.3, -0.25) is 0 Å². The third kappa shape index (κ3) is 2.21. The second-order valence-electron chi connectivity index (χ2n) is 4.57. The molecule has 0 radical (unpaired) electrons. The van der Waals surface area contributed by atoms with Crippen LogP contribution in [0.25, 0.3) is 11.0 Å². The van der Waals surface area contributed by atoms with Crippen LogP contribution in [0.1, 0.15) is 17.0 Å². The maximum absolute atomic E-state index is 13.6. The Bertz CT molecular complexity index is 747. The Labute approximate surface area is 109 Å². The highest BCUT2D eigenvalue weighted by Gasteiger charge is 2.10. The van der Waals surface area contributed by atoms with E-state index in [2.05, 4.69) is 9.97 Å². The molecule has 0 saturated heterocycles. The highest BCUT2D eigenvalue weighted by atomic mass is 19.1. The van der Waals surface area contributed by atoms with Crippen LogP contribution in [0.2, 0.25) is 0 Å². The number of benzene rings is 2. The van der Waals surface area contributed by atoms with Crippen LogP contribution in [0.4, 0.5) is 8.78 Å². The Kier molecular flexibility index (Phi) is 2.78. The van der Waals surface area contributed by atoms with Gasteiger partial charge in [-0.2, -0.15) is 0 Å². The quantitative estimate of drug-likeness (QED) is 0.745. The highest BCUT2D eigenvalue weighted by molar-refractivity contribution is 5.75. The molecule has 0 unspecified atom stereocenters. The zero-order valence-corrected chi connectivity index (χ0v) is 10.4. The van der Waals surface area contributed by atoms with Crippen LogP contribution in [0.3, 0.4) is 0 Å². The lowest BCUT2D eigenvalue weighted by molar-refractivity contribution is 0.590. The number of aryl methyl sites for hydroxylation is 1. The van der Waals surface area contributed by atoms with Crippen molar-refractivity contribution >= 4 is 11.0 Å². The number of imidazole rings is 1. The van der Waals surface area contributed by atoms with Gasteiger partial charge in [0.25, 0.3) is 0 Å². The number of hydrogen-bond donors (Lipinski definition) is 1. The summed E-state index contributed by atoms with van der Waals surface area (Å²) in [4.78, 5) is 7.15. The van der Waals surface area contributed by atoms with Crippen LogP contribution in [-0.2, 0) is 6.42 Å². The minimum atomic E-state index is -0.637. The number of H-pyrrole nitrogens is 1. The zero-order valence-electron chi connectivity index (χ0n) is 10.4. The topological polar surface area (TPSA) is 28.7 Å². The van der Waals surface area contributed by atoms with Gasteiger partial charge >= 0.3 is 0 Å². The number of aromatic amines is 1. The van der Waals surface area contributed by atoms with E-state index < -0.39 is 11.6 Å². The van der Waals surface area contributed by atoms with Gasteiger partial charge in [-0.15, -0.1) is 0 Å². The largest absolute Gasteiger partial charge is 0.342 e. The first kappa shape index (κ1) is 11.8. The summed E-state index contributed by atoms with van der Waals surface area (Å²) >= 11 is 0. The van der Waals surface area contributed by atoms with E-state index >= 15 is 0 Å². The first-order valence-corrected chi connectivity index (χ1v) is 6.01. The van der Waals surface area contributed by atoms with E-state index in [4.69, 9.17) is 0 Å². The molecule has 3 aromatic rings. The number of fused-ring (bicyclic) bond motifs is 1. The van der Waals surface area contributed by atoms with Crippen molar-refractivity contribution in [2.45, 2.75) is 13.3 Å². The van der Waals surface area contributed by atoms with E-state index in [-0.39, 0.29) is 5.52 Å². The first-order chi connectivity index (χ1) is 9.13. The molecule has 1 aromatic heterocycles. The SMILES string of the molecule is Cc1ccccc1Cc1nc2c(F)cc(F)cc2[nH]1. The first-order valence-electron chi connectivity index (χ1n) is 6.01. The molecule has 0 aliphatic heterocycles. The molecule has 0 aliphatic carbocycles. The summed E-state index contributed by atoms with van der Waals surface area (Å²) in [6.07, 6.45) is 0.572. The lowest BCUT2D eigenvalue weighted by Crippen LogP contribution is -1.93. The molecule has 1 heterocycles. The smallest absolute Gasteiger partial charge is 0.153 e. The van der Waals surface area contributed by atoms with Crippen LogP contribution in [-0.4, -0.2) is 9.97 Å².